The molecule has 0 unspecified atom stereocenters. The Morgan fingerprint density at radius 2 is 1.64 bits per heavy atom. The van der Waals surface area contributed by atoms with Gasteiger partial charge < -0.3 is 10.4 Å². The minimum Gasteiger partial charge on any atom is -0.478 e. The highest BCUT2D eigenvalue weighted by molar-refractivity contribution is 6.30. The predicted molar refractivity (Wildman–Crippen MR) is 139 cm³/mol. The van der Waals surface area contributed by atoms with Crippen LogP contribution in [0.5, 0.6) is 0 Å². The molecule has 0 atom stereocenters. The summed E-state index contributed by atoms with van der Waals surface area (Å²) in [5.74, 6) is -0.522. The van der Waals surface area contributed by atoms with E-state index in [9.17, 15) is 9.59 Å². The van der Waals surface area contributed by atoms with Crippen LogP contribution in [0.1, 0.15) is 37.8 Å². The van der Waals surface area contributed by atoms with E-state index in [1.54, 1.807) is 18.3 Å². The number of nitrogens with zero attached hydrogens (tertiary/aromatic N) is 2. The number of aromatic carboxylic acids is 1. The van der Waals surface area contributed by atoms with Crippen LogP contribution < -0.4 is 5.32 Å². The maximum absolute atomic E-state index is 13.5. The largest absolute Gasteiger partial charge is 0.478 e. The van der Waals surface area contributed by atoms with E-state index < -0.39 is 5.97 Å². The minimum atomic E-state index is -0.988. The summed E-state index contributed by atoms with van der Waals surface area (Å²) >= 11 is 6.18. The molecule has 2 N–H and O–H groups in total. The molecule has 0 bridgehead atoms. The molecule has 3 aromatic carbocycles. The Labute approximate surface area is 212 Å². The van der Waals surface area contributed by atoms with Crippen LogP contribution in [0, 0.1) is 0 Å². The molecule has 7 heteroatoms. The zero-order valence-electron chi connectivity index (χ0n) is 19.2. The van der Waals surface area contributed by atoms with Gasteiger partial charge in [-0.25, -0.2) is 9.78 Å². The highest BCUT2D eigenvalue weighted by Gasteiger charge is 2.17. The number of hydrogen-bond donors (Lipinski definition) is 2. The van der Waals surface area contributed by atoms with E-state index in [1.807, 2.05) is 71.1 Å². The van der Waals surface area contributed by atoms with Gasteiger partial charge in [0, 0.05) is 18.0 Å². The third-order valence-electron chi connectivity index (χ3n) is 5.94. The summed E-state index contributed by atoms with van der Waals surface area (Å²) in [5.41, 5.74) is 5.17. The monoisotopic (exact) mass is 495 g/mol. The van der Waals surface area contributed by atoms with Crippen molar-refractivity contribution >= 4 is 29.0 Å². The number of hydrogen-bond acceptors (Lipinski definition) is 3. The normalized spacial score (nSPS) is 10.9. The molecular weight excluding hydrogens is 474 g/mol. The predicted octanol–water partition coefficient (Wildman–Crippen LogP) is 5.87. The van der Waals surface area contributed by atoms with Crippen molar-refractivity contribution in [3.05, 3.63) is 130 Å². The number of nitrogens with one attached hydrogen (secondary N) is 1. The van der Waals surface area contributed by atoms with E-state index in [4.69, 9.17) is 16.7 Å². The van der Waals surface area contributed by atoms with Gasteiger partial charge in [-0.2, -0.15) is 0 Å². The lowest BCUT2D eigenvalue weighted by molar-refractivity contribution is 0.0696. The molecule has 0 radical (unpaired) electrons. The number of carboxylic acids is 1. The topological polar surface area (TPSA) is 83.7 Å². The Bertz CT molecular complexity index is 1560. The minimum absolute atomic E-state index is 0.200. The van der Waals surface area contributed by atoms with Crippen molar-refractivity contribution in [2.45, 2.75) is 13.0 Å². The first kappa shape index (κ1) is 23.3. The van der Waals surface area contributed by atoms with Crippen LogP contribution in [0.2, 0.25) is 5.02 Å². The average Bonchev–Trinajstić information content (AvgIpc) is 3.30. The molecule has 2 heterocycles. The number of amides is 1. The van der Waals surface area contributed by atoms with Gasteiger partial charge in [-0.1, -0.05) is 66.2 Å². The Kier molecular flexibility index (Phi) is 6.52. The number of carbonyl (C=O) groups is 2. The maximum Gasteiger partial charge on any atom is 0.335 e. The van der Waals surface area contributed by atoms with Crippen LogP contribution in [0.4, 0.5) is 0 Å². The fourth-order valence-electron chi connectivity index (χ4n) is 4.15. The molecule has 0 spiro atoms. The molecule has 0 aliphatic heterocycles. The molecule has 2 aromatic heterocycles. The molecule has 5 aromatic rings. The zero-order valence-corrected chi connectivity index (χ0v) is 19.9. The summed E-state index contributed by atoms with van der Waals surface area (Å²) in [6.07, 6.45) is 2.28. The van der Waals surface area contributed by atoms with Gasteiger partial charge in [-0.15, -0.1) is 0 Å². The van der Waals surface area contributed by atoms with Gasteiger partial charge in [0.2, 0.25) is 0 Å². The van der Waals surface area contributed by atoms with E-state index in [1.165, 1.54) is 12.1 Å². The molecule has 36 heavy (non-hydrogen) atoms. The number of pyridine rings is 1. The number of halogens is 1. The molecule has 1 amide bonds. The van der Waals surface area contributed by atoms with Gasteiger partial charge in [0.1, 0.15) is 11.5 Å². The molecule has 5 rings (SSSR count). The van der Waals surface area contributed by atoms with Gasteiger partial charge in [0.05, 0.1) is 17.3 Å². The highest BCUT2D eigenvalue weighted by atomic mass is 35.5. The maximum atomic E-state index is 13.5. The van der Waals surface area contributed by atoms with Crippen molar-refractivity contribution in [2.75, 3.05) is 0 Å². The fraction of sp³-hybridized carbons (Fsp3) is 0.0690. The van der Waals surface area contributed by atoms with Crippen molar-refractivity contribution in [3.8, 4) is 11.1 Å². The molecule has 178 valence electrons. The number of aromatic nitrogens is 2. The van der Waals surface area contributed by atoms with E-state index in [0.29, 0.717) is 17.1 Å². The van der Waals surface area contributed by atoms with Crippen LogP contribution in [0.3, 0.4) is 0 Å². The van der Waals surface area contributed by atoms with Crippen LogP contribution >= 0.6 is 11.6 Å². The number of benzene rings is 3. The van der Waals surface area contributed by atoms with Crippen LogP contribution in [-0.2, 0) is 13.0 Å². The first-order chi connectivity index (χ1) is 17.5. The summed E-state index contributed by atoms with van der Waals surface area (Å²) in [5, 5.41) is 12.7. The van der Waals surface area contributed by atoms with E-state index >= 15 is 0 Å². The first-order valence-electron chi connectivity index (χ1n) is 11.4. The van der Waals surface area contributed by atoms with Gasteiger partial charge in [-0.3, -0.25) is 9.20 Å². The summed E-state index contributed by atoms with van der Waals surface area (Å²) in [7, 11) is 0. The van der Waals surface area contributed by atoms with Crippen molar-refractivity contribution < 1.29 is 14.7 Å². The molecule has 0 aliphatic rings. The lowest BCUT2D eigenvalue weighted by Crippen LogP contribution is -2.25. The second kappa shape index (κ2) is 10.1. The van der Waals surface area contributed by atoms with Crippen molar-refractivity contribution in [3.63, 3.8) is 0 Å². The fourth-order valence-corrected chi connectivity index (χ4v) is 4.37. The number of carbonyl (C=O) groups excluding carboxylic acids is 1. The molecule has 0 saturated carbocycles. The molecule has 6 nitrogen and oxygen atoms in total. The smallest absolute Gasteiger partial charge is 0.335 e. The quantitative estimate of drug-likeness (QED) is 0.295. The van der Waals surface area contributed by atoms with Gasteiger partial charge in [0.15, 0.2) is 0 Å². The van der Waals surface area contributed by atoms with Crippen LogP contribution in [0.15, 0.2) is 97.2 Å². The standard InChI is InChI=1S/C29H22ClN3O3/c30-24-8-4-5-20(13-24)14-27-31-18-25-15-23(21-6-2-1-3-7-21)16-26(33(25)27)28(34)32-17-19-9-11-22(12-10-19)29(35)36/h1-13,15-16,18H,14,17H2,(H,32,34)(H,35,36). The van der Waals surface area contributed by atoms with Crippen LogP contribution in [0.25, 0.3) is 16.6 Å². The van der Waals surface area contributed by atoms with Gasteiger partial charge in [0.25, 0.3) is 5.91 Å². The summed E-state index contributed by atoms with van der Waals surface area (Å²) in [6, 6.07) is 27.8. The molecule has 0 saturated heterocycles. The lowest BCUT2D eigenvalue weighted by Gasteiger charge is -2.13. The third-order valence-corrected chi connectivity index (χ3v) is 6.18. The number of fused-ring (bicyclic) bond motifs is 1. The van der Waals surface area contributed by atoms with Crippen molar-refractivity contribution in [2.24, 2.45) is 0 Å². The summed E-state index contributed by atoms with van der Waals surface area (Å²) in [6.45, 7) is 0.258. The van der Waals surface area contributed by atoms with E-state index in [2.05, 4.69) is 10.3 Å². The van der Waals surface area contributed by atoms with Gasteiger partial charge in [-0.05, 0) is 58.7 Å². The van der Waals surface area contributed by atoms with E-state index in [-0.39, 0.29) is 18.0 Å². The third kappa shape index (κ3) is 4.99. The van der Waals surface area contributed by atoms with Crippen LogP contribution in [-0.4, -0.2) is 26.4 Å². The van der Waals surface area contributed by atoms with Crippen molar-refractivity contribution in [1.82, 2.24) is 14.7 Å². The highest BCUT2D eigenvalue weighted by Crippen LogP contribution is 2.25. The Morgan fingerprint density at radius 3 is 2.36 bits per heavy atom. The van der Waals surface area contributed by atoms with Gasteiger partial charge >= 0.3 is 5.97 Å². The average molecular weight is 496 g/mol. The lowest BCUT2D eigenvalue weighted by atomic mass is 10.0. The first-order valence-corrected chi connectivity index (χ1v) is 11.8. The Hall–Kier alpha value is -4.42. The molecular formula is C29H22ClN3O3. The summed E-state index contributed by atoms with van der Waals surface area (Å²) in [4.78, 5) is 29.2. The van der Waals surface area contributed by atoms with E-state index in [0.717, 1.165) is 33.6 Å². The Balaban J connectivity index is 1.51. The second-order valence-corrected chi connectivity index (χ2v) is 8.86. The SMILES string of the molecule is O=C(O)c1ccc(CNC(=O)c2cc(-c3ccccc3)cc3cnc(Cc4cccc(Cl)c4)n23)cc1. The van der Waals surface area contributed by atoms with Crippen molar-refractivity contribution in [1.29, 1.82) is 0 Å². The molecule has 0 fully saturated rings. The second-order valence-electron chi connectivity index (χ2n) is 8.42. The molecule has 0 aliphatic carbocycles. The zero-order chi connectivity index (χ0) is 25.1. The Morgan fingerprint density at radius 1 is 0.861 bits per heavy atom. The number of carboxylic acid groups (broad SMARTS) is 1. The number of imidazole rings is 1. The number of rotatable bonds is 7. The summed E-state index contributed by atoms with van der Waals surface area (Å²) < 4.78 is 1.87.